The molecule has 0 amide bonds. The third-order valence-corrected chi connectivity index (χ3v) is 3.31. The van der Waals surface area contributed by atoms with Crippen LogP contribution in [0.25, 0.3) is 0 Å². The lowest BCUT2D eigenvalue weighted by Crippen LogP contribution is -2.07. The van der Waals surface area contributed by atoms with Crippen LogP contribution in [0.1, 0.15) is 0 Å². The quantitative estimate of drug-likeness (QED) is 0.344. The topological polar surface area (TPSA) is 73.6 Å². The molecule has 0 bridgehead atoms. The molecule has 1 rings (SSSR count). The molecule has 1 aromatic carbocycles. The fourth-order valence-electron chi connectivity index (χ4n) is 1.55. The van der Waals surface area contributed by atoms with Gasteiger partial charge in [-0.25, -0.2) is 0 Å². The Kier molecular flexibility index (Phi) is 6.53. The Morgan fingerprint density at radius 2 is 2.05 bits per heavy atom. The maximum atomic E-state index is 11.1. The van der Waals surface area contributed by atoms with Gasteiger partial charge in [0.15, 0.2) is 11.5 Å². The maximum absolute atomic E-state index is 11.1. The summed E-state index contributed by atoms with van der Waals surface area (Å²) < 4.78 is 10.2. The van der Waals surface area contributed by atoms with E-state index in [2.05, 4.69) is 11.2 Å². The van der Waals surface area contributed by atoms with E-state index in [4.69, 9.17) is 15.9 Å². The molecule has 0 unspecified atom stereocenters. The molecule has 0 radical (unpaired) electrons. The van der Waals surface area contributed by atoms with Crippen LogP contribution in [0.5, 0.6) is 11.5 Å². The zero-order valence-corrected chi connectivity index (χ0v) is 12.2. The van der Waals surface area contributed by atoms with Crippen LogP contribution in [-0.4, -0.2) is 37.2 Å². The first-order valence-electron chi connectivity index (χ1n) is 5.79. The minimum atomic E-state index is -0.459. The minimum Gasteiger partial charge on any atom is -0.493 e. The van der Waals surface area contributed by atoms with Crippen LogP contribution in [-0.2, 0) is 0 Å². The number of hydrogen-bond donors (Lipinski definition) is 1. The second kappa shape index (κ2) is 8.17. The Morgan fingerprint density at radius 3 is 2.60 bits per heavy atom. The van der Waals surface area contributed by atoms with Gasteiger partial charge in [-0.05, 0) is 0 Å². The zero-order valence-electron chi connectivity index (χ0n) is 11.3. The van der Waals surface area contributed by atoms with Gasteiger partial charge >= 0.3 is 0 Å². The van der Waals surface area contributed by atoms with E-state index < -0.39 is 4.92 Å². The monoisotopic (exact) mass is 296 g/mol. The number of nitrogens with one attached hydrogen (secondary N) is 1. The number of terminal acetylenes is 1. The fourth-order valence-corrected chi connectivity index (χ4v) is 2.06. The van der Waals surface area contributed by atoms with Crippen LogP contribution < -0.4 is 14.8 Å². The molecule has 0 aliphatic carbocycles. The van der Waals surface area contributed by atoms with Crippen molar-refractivity contribution in [3.63, 3.8) is 0 Å². The average Bonchev–Trinajstić information content (AvgIpc) is 2.46. The van der Waals surface area contributed by atoms with Crippen molar-refractivity contribution in [1.82, 2.24) is 0 Å². The third-order valence-electron chi connectivity index (χ3n) is 2.45. The van der Waals surface area contributed by atoms with Gasteiger partial charge in [0.2, 0.25) is 0 Å². The molecule has 0 saturated carbocycles. The molecule has 7 heteroatoms. The molecule has 0 aromatic heterocycles. The van der Waals surface area contributed by atoms with Crippen LogP contribution in [0.15, 0.2) is 12.1 Å². The van der Waals surface area contributed by atoms with Crippen LogP contribution in [0.4, 0.5) is 11.4 Å². The number of rotatable bonds is 8. The van der Waals surface area contributed by atoms with E-state index in [1.54, 1.807) is 17.8 Å². The molecule has 20 heavy (non-hydrogen) atoms. The fraction of sp³-hybridized carbons (Fsp3) is 0.385. The second-order valence-electron chi connectivity index (χ2n) is 3.66. The summed E-state index contributed by atoms with van der Waals surface area (Å²) >= 11 is 1.58. The first-order valence-corrected chi connectivity index (χ1v) is 6.95. The molecule has 0 heterocycles. The van der Waals surface area contributed by atoms with Gasteiger partial charge in [-0.1, -0.05) is 5.92 Å². The zero-order chi connectivity index (χ0) is 15.0. The van der Waals surface area contributed by atoms with Gasteiger partial charge in [-0.15, -0.1) is 18.2 Å². The normalized spacial score (nSPS) is 9.65. The Hall–Kier alpha value is -2.07. The standard InChI is InChI=1S/C13H16N2O4S/c1-4-6-20-7-5-14-10-8-12(18-2)13(19-3)9-11(10)15(16)17/h1,8-9,14H,5-7H2,2-3H3. The summed E-state index contributed by atoms with van der Waals surface area (Å²) in [6.45, 7) is 0.572. The predicted molar refractivity (Wildman–Crippen MR) is 80.8 cm³/mol. The van der Waals surface area contributed by atoms with E-state index >= 15 is 0 Å². The van der Waals surface area contributed by atoms with E-state index in [9.17, 15) is 10.1 Å². The summed E-state index contributed by atoms with van der Waals surface area (Å²) in [4.78, 5) is 10.6. The number of thioether (sulfide) groups is 1. The number of hydrogen-bond acceptors (Lipinski definition) is 6. The van der Waals surface area contributed by atoms with Crippen molar-refractivity contribution in [3.8, 4) is 23.8 Å². The van der Waals surface area contributed by atoms with Crippen molar-refractivity contribution in [1.29, 1.82) is 0 Å². The van der Waals surface area contributed by atoms with Gasteiger partial charge in [0.05, 0.1) is 31.0 Å². The van der Waals surface area contributed by atoms with Gasteiger partial charge < -0.3 is 14.8 Å². The highest BCUT2D eigenvalue weighted by molar-refractivity contribution is 7.99. The molecule has 0 aliphatic heterocycles. The van der Waals surface area contributed by atoms with Crippen LogP contribution >= 0.6 is 11.8 Å². The molecular formula is C13H16N2O4S. The van der Waals surface area contributed by atoms with E-state index in [0.29, 0.717) is 29.5 Å². The predicted octanol–water partition coefficient (Wildman–Crippen LogP) is 2.39. The van der Waals surface area contributed by atoms with Gasteiger partial charge in [0.1, 0.15) is 5.69 Å². The van der Waals surface area contributed by atoms with Gasteiger partial charge in [-0.2, -0.15) is 0 Å². The molecule has 0 spiro atoms. The number of nitro groups is 1. The van der Waals surface area contributed by atoms with E-state index in [0.717, 1.165) is 5.75 Å². The molecule has 108 valence electrons. The number of benzene rings is 1. The molecule has 0 atom stereocenters. The summed E-state index contributed by atoms with van der Waals surface area (Å²) in [6, 6.07) is 2.90. The lowest BCUT2D eigenvalue weighted by atomic mass is 10.2. The molecule has 0 fully saturated rings. The lowest BCUT2D eigenvalue weighted by Gasteiger charge is -2.11. The van der Waals surface area contributed by atoms with Crippen molar-refractivity contribution >= 4 is 23.1 Å². The molecular weight excluding hydrogens is 280 g/mol. The molecule has 6 nitrogen and oxygen atoms in total. The van der Waals surface area contributed by atoms with Gasteiger partial charge in [0, 0.05) is 18.4 Å². The van der Waals surface area contributed by atoms with Crippen molar-refractivity contribution in [2.24, 2.45) is 0 Å². The lowest BCUT2D eigenvalue weighted by molar-refractivity contribution is -0.384. The highest BCUT2D eigenvalue weighted by Gasteiger charge is 2.19. The minimum absolute atomic E-state index is 0.0513. The molecule has 1 aromatic rings. The third kappa shape index (κ3) is 4.24. The molecule has 0 saturated heterocycles. The molecule has 1 N–H and O–H groups in total. The van der Waals surface area contributed by atoms with E-state index in [-0.39, 0.29) is 5.69 Å². The van der Waals surface area contributed by atoms with Crippen molar-refractivity contribution in [2.45, 2.75) is 0 Å². The number of methoxy groups -OCH3 is 2. The average molecular weight is 296 g/mol. The van der Waals surface area contributed by atoms with E-state index in [1.165, 1.54) is 20.3 Å². The number of ether oxygens (including phenoxy) is 2. The summed E-state index contributed by atoms with van der Waals surface area (Å²) in [7, 11) is 2.92. The Labute approximate surface area is 122 Å². The number of anilines is 1. The highest BCUT2D eigenvalue weighted by Crippen LogP contribution is 2.37. The summed E-state index contributed by atoms with van der Waals surface area (Å²) in [5.74, 6) is 4.67. The number of nitro benzene ring substituents is 1. The Balaban J connectivity index is 2.87. The first-order chi connectivity index (χ1) is 9.63. The van der Waals surface area contributed by atoms with Crippen LogP contribution in [0.2, 0.25) is 0 Å². The summed E-state index contributed by atoms with van der Waals surface area (Å²) in [5, 5.41) is 14.1. The molecule has 0 aliphatic rings. The first kappa shape index (κ1) is 16.0. The maximum Gasteiger partial charge on any atom is 0.296 e. The number of nitrogens with zero attached hydrogens (tertiary/aromatic N) is 1. The summed E-state index contributed by atoms with van der Waals surface area (Å²) in [6.07, 6.45) is 5.14. The Morgan fingerprint density at radius 1 is 1.40 bits per heavy atom. The van der Waals surface area contributed by atoms with Crippen molar-refractivity contribution in [2.75, 3.05) is 37.6 Å². The smallest absolute Gasteiger partial charge is 0.296 e. The SMILES string of the molecule is C#CCSCCNc1cc(OC)c(OC)cc1[N+](=O)[O-]. The van der Waals surface area contributed by atoms with Gasteiger partial charge in [0.25, 0.3) is 5.69 Å². The Bertz CT molecular complexity index is 514. The van der Waals surface area contributed by atoms with Gasteiger partial charge in [-0.3, -0.25) is 10.1 Å². The van der Waals surface area contributed by atoms with E-state index in [1.807, 2.05) is 0 Å². The van der Waals surface area contributed by atoms with Crippen LogP contribution in [0, 0.1) is 22.5 Å². The van der Waals surface area contributed by atoms with Crippen molar-refractivity contribution < 1.29 is 14.4 Å². The highest BCUT2D eigenvalue weighted by atomic mass is 32.2. The van der Waals surface area contributed by atoms with Crippen LogP contribution in [0.3, 0.4) is 0 Å². The largest absolute Gasteiger partial charge is 0.493 e. The summed E-state index contributed by atoms with van der Waals surface area (Å²) in [5.41, 5.74) is 0.346. The van der Waals surface area contributed by atoms with Crippen molar-refractivity contribution in [3.05, 3.63) is 22.2 Å². The second-order valence-corrected chi connectivity index (χ2v) is 4.77.